The van der Waals surface area contributed by atoms with Crippen molar-refractivity contribution in [2.24, 2.45) is 0 Å². The molecule has 2 aromatic rings. The van der Waals surface area contributed by atoms with Crippen molar-refractivity contribution in [1.82, 2.24) is 9.80 Å². The van der Waals surface area contributed by atoms with E-state index in [9.17, 15) is 9.59 Å². The van der Waals surface area contributed by atoms with Crippen molar-refractivity contribution in [2.45, 2.75) is 64.8 Å². The second-order valence-electron chi connectivity index (χ2n) is 8.08. The molecule has 1 atom stereocenters. The Morgan fingerprint density at radius 3 is 2.60 bits per heavy atom. The van der Waals surface area contributed by atoms with Crippen molar-refractivity contribution < 1.29 is 9.59 Å². The minimum absolute atomic E-state index is 0.0519. The highest BCUT2D eigenvalue weighted by Gasteiger charge is 2.33. The summed E-state index contributed by atoms with van der Waals surface area (Å²) in [5.41, 5.74) is 2.37. The van der Waals surface area contributed by atoms with E-state index in [4.69, 9.17) is 0 Å². The van der Waals surface area contributed by atoms with Gasteiger partial charge in [0.2, 0.25) is 11.8 Å². The van der Waals surface area contributed by atoms with E-state index < -0.39 is 0 Å². The summed E-state index contributed by atoms with van der Waals surface area (Å²) in [4.78, 5) is 31.3. The van der Waals surface area contributed by atoms with Crippen LogP contribution >= 0.6 is 11.3 Å². The normalized spacial score (nSPS) is 15.7. The molecule has 4 nitrogen and oxygen atoms in total. The van der Waals surface area contributed by atoms with Crippen LogP contribution in [0.15, 0.2) is 41.8 Å². The van der Waals surface area contributed by atoms with Crippen LogP contribution in [0.1, 0.15) is 74.4 Å². The molecule has 1 aromatic heterocycles. The molecule has 0 N–H and O–H groups in total. The van der Waals surface area contributed by atoms with Gasteiger partial charge in [0.05, 0.1) is 12.6 Å². The molecule has 1 aliphatic heterocycles. The highest BCUT2D eigenvalue weighted by Crippen LogP contribution is 2.37. The molecule has 0 radical (unpaired) electrons. The lowest BCUT2D eigenvalue weighted by Crippen LogP contribution is -2.47. The first kappa shape index (κ1) is 22.5. The van der Waals surface area contributed by atoms with Crippen molar-refractivity contribution in [2.75, 3.05) is 19.6 Å². The third kappa shape index (κ3) is 5.51. The van der Waals surface area contributed by atoms with E-state index in [1.807, 2.05) is 23.1 Å². The number of carbonyl (C=O) groups is 2. The van der Waals surface area contributed by atoms with Crippen LogP contribution in [0.2, 0.25) is 0 Å². The molecule has 0 saturated heterocycles. The molecule has 0 fully saturated rings. The minimum Gasteiger partial charge on any atom is -0.333 e. The smallest absolute Gasteiger partial charge is 0.242 e. The van der Waals surface area contributed by atoms with Gasteiger partial charge in [0.1, 0.15) is 0 Å². The largest absolute Gasteiger partial charge is 0.333 e. The van der Waals surface area contributed by atoms with E-state index in [2.05, 4.69) is 37.4 Å². The van der Waals surface area contributed by atoms with Gasteiger partial charge in [-0.15, -0.1) is 11.3 Å². The first-order chi connectivity index (χ1) is 14.7. The minimum atomic E-state index is -0.0585. The lowest BCUT2D eigenvalue weighted by atomic mass is 9.93. The SMILES string of the molecule is CCCCCCC(=O)N(CCC)CC(=O)N1CCc2sccc2C1c1ccccc1. The highest BCUT2D eigenvalue weighted by atomic mass is 32.1. The van der Waals surface area contributed by atoms with E-state index in [-0.39, 0.29) is 24.4 Å². The first-order valence-corrected chi connectivity index (χ1v) is 12.2. The van der Waals surface area contributed by atoms with Gasteiger partial charge in [0, 0.05) is 24.4 Å². The molecule has 30 heavy (non-hydrogen) atoms. The number of hydrogen-bond donors (Lipinski definition) is 0. The molecule has 0 aliphatic carbocycles. The zero-order chi connectivity index (χ0) is 21.3. The van der Waals surface area contributed by atoms with Crippen LogP contribution in [0.5, 0.6) is 0 Å². The third-order valence-electron chi connectivity index (χ3n) is 5.82. The summed E-state index contributed by atoms with van der Waals surface area (Å²) < 4.78 is 0. The molecule has 1 aliphatic rings. The Morgan fingerprint density at radius 1 is 1.07 bits per heavy atom. The quantitative estimate of drug-likeness (QED) is 0.475. The van der Waals surface area contributed by atoms with Gasteiger partial charge < -0.3 is 9.80 Å². The van der Waals surface area contributed by atoms with E-state index in [0.717, 1.165) is 44.1 Å². The number of thiophene rings is 1. The summed E-state index contributed by atoms with van der Waals surface area (Å²) >= 11 is 1.77. The van der Waals surface area contributed by atoms with Gasteiger partial charge in [-0.05, 0) is 41.8 Å². The van der Waals surface area contributed by atoms with Gasteiger partial charge in [0.25, 0.3) is 0 Å². The summed E-state index contributed by atoms with van der Waals surface area (Å²) in [5, 5.41) is 2.12. The number of unbranched alkanes of at least 4 members (excludes halogenated alkanes) is 3. The molecule has 162 valence electrons. The number of rotatable bonds is 10. The zero-order valence-electron chi connectivity index (χ0n) is 18.3. The zero-order valence-corrected chi connectivity index (χ0v) is 19.1. The van der Waals surface area contributed by atoms with Gasteiger partial charge in [-0.2, -0.15) is 0 Å². The van der Waals surface area contributed by atoms with E-state index in [0.29, 0.717) is 19.5 Å². The molecule has 0 bridgehead atoms. The molecule has 2 amide bonds. The molecular weight excluding hydrogens is 392 g/mol. The molecule has 3 rings (SSSR count). The second kappa shape index (κ2) is 11.3. The monoisotopic (exact) mass is 426 g/mol. The maximum absolute atomic E-state index is 13.4. The van der Waals surface area contributed by atoms with Crippen LogP contribution in [0.25, 0.3) is 0 Å². The van der Waals surface area contributed by atoms with Gasteiger partial charge in [-0.25, -0.2) is 0 Å². The Kier molecular flexibility index (Phi) is 8.50. The van der Waals surface area contributed by atoms with Crippen LogP contribution in [-0.2, 0) is 16.0 Å². The van der Waals surface area contributed by atoms with E-state index in [1.54, 1.807) is 16.2 Å². The molecule has 2 heterocycles. The van der Waals surface area contributed by atoms with Crippen molar-refractivity contribution in [3.05, 3.63) is 57.8 Å². The Balaban J connectivity index is 1.74. The van der Waals surface area contributed by atoms with Crippen molar-refractivity contribution in [3.63, 3.8) is 0 Å². The average molecular weight is 427 g/mol. The van der Waals surface area contributed by atoms with Crippen LogP contribution in [-0.4, -0.2) is 41.2 Å². The maximum Gasteiger partial charge on any atom is 0.242 e. The van der Waals surface area contributed by atoms with Gasteiger partial charge >= 0.3 is 0 Å². The predicted molar refractivity (Wildman–Crippen MR) is 124 cm³/mol. The number of nitrogens with zero attached hydrogens (tertiary/aromatic N) is 2. The van der Waals surface area contributed by atoms with Crippen molar-refractivity contribution >= 4 is 23.2 Å². The topological polar surface area (TPSA) is 40.6 Å². The summed E-state index contributed by atoms with van der Waals surface area (Å²) in [5.74, 6) is 0.168. The van der Waals surface area contributed by atoms with Crippen LogP contribution in [0, 0.1) is 0 Å². The van der Waals surface area contributed by atoms with E-state index in [1.165, 1.54) is 10.4 Å². The number of fused-ring (bicyclic) bond motifs is 1. The highest BCUT2D eigenvalue weighted by molar-refractivity contribution is 7.10. The van der Waals surface area contributed by atoms with Crippen LogP contribution in [0.3, 0.4) is 0 Å². The summed E-state index contributed by atoms with van der Waals surface area (Å²) in [6.45, 7) is 5.77. The number of amides is 2. The average Bonchev–Trinajstić information content (AvgIpc) is 3.25. The lowest BCUT2D eigenvalue weighted by Gasteiger charge is -2.37. The van der Waals surface area contributed by atoms with Crippen LogP contribution < -0.4 is 0 Å². The van der Waals surface area contributed by atoms with Crippen molar-refractivity contribution in [3.8, 4) is 0 Å². The third-order valence-corrected chi connectivity index (χ3v) is 6.81. The Labute approximate surface area is 184 Å². The van der Waals surface area contributed by atoms with Gasteiger partial charge in [-0.1, -0.05) is 63.4 Å². The predicted octanol–water partition coefficient (Wildman–Crippen LogP) is 5.43. The molecule has 0 spiro atoms. The summed E-state index contributed by atoms with van der Waals surface area (Å²) in [6, 6.07) is 12.4. The summed E-state index contributed by atoms with van der Waals surface area (Å²) in [7, 11) is 0. The number of carbonyl (C=O) groups excluding carboxylic acids is 2. The second-order valence-corrected chi connectivity index (χ2v) is 9.08. The van der Waals surface area contributed by atoms with Crippen molar-refractivity contribution in [1.29, 1.82) is 0 Å². The van der Waals surface area contributed by atoms with E-state index >= 15 is 0 Å². The standard InChI is InChI=1S/C25H34N2O2S/c1-3-5-6-10-13-23(28)26(16-4-2)19-24(29)27-17-14-22-21(15-18-30-22)25(27)20-11-8-7-9-12-20/h7-9,11-12,15,18,25H,3-6,10,13-14,16-17,19H2,1-2H3. The molecular formula is C25H34N2O2S. The Bertz CT molecular complexity index is 818. The fourth-order valence-corrected chi connectivity index (χ4v) is 5.16. The lowest BCUT2D eigenvalue weighted by molar-refractivity contribution is -0.141. The number of hydrogen-bond acceptors (Lipinski definition) is 3. The Morgan fingerprint density at radius 2 is 1.87 bits per heavy atom. The number of benzene rings is 1. The molecule has 5 heteroatoms. The molecule has 0 saturated carbocycles. The Hall–Kier alpha value is -2.14. The summed E-state index contributed by atoms with van der Waals surface area (Å²) in [6.07, 6.45) is 6.62. The molecule has 1 aromatic carbocycles. The maximum atomic E-state index is 13.4. The molecule has 1 unspecified atom stereocenters. The fraction of sp³-hybridized carbons (Fsp3) is 0.520. The fourth-order valence-electron chi connectivity index (χ4n) is 4.26. The van der Waals surface area contributed by atoms with Gasteiger partial charge in [-0.3, -0.25) is 9.59 Å². The van der Waals surface area contributed by atoms with Crippen LogP contribution in [0.4, 0.5) is 0 Å². The van der Waals surface area contributed by atoms with Gasteiger partial charge in [0.15, 0.2) is 0 Å². The first-order valence-electron chi connectivity index (χ1n) is 11.3.